The van der Waals surface area contributed by atoms with Gasteiger partial charge in [-0.3, -0.25) is 0 Å². The molecule has 2 aromatic rings. The van der Waals surface area contributed by atoms with E-state index in [0.717, 1.165) is 30.8 Å². The maximum absolute atomic E-state index is 6.56. The summed E-state index contributed by atoms with van der Waals surface area (Å²) in [6.45, 7) is 25.6. The van der Waals surface area contributed by atoms with Crippen LogP contribution in [0.4, 0.5) is 0 Å². The Balaban J connectivity index is 1.70. The van der Waals surface area contributed by atoms with E-state index < -0.39 is 16.6 Å². The van der Waals surface area contributed by atoms with Crippen LogP contribution in [0, 0.1) is 0 Å². The lowest BCUT2D eigenvalue weighted by Gasteiger charge is -2.37. The van der Waals surface area contributed by atoms with Gasteiger partial charge in [-0.1, -0.05) is 77.9 Å². The zero-order chi connectivity index (χ0) is 27.7. The molecule has 0 N–H and O–H groups in total. The monoisotopic (exact) mass is 544 g/mol. The Hall–Kier alpha value is -1.61. The Bertz CT molecular complexity index is 881. The topological polar surface area (TPSA) is 36.9 Å². The van der Waals surface area contributed by atoms with Crippen LogP contribution in [-0.4, -0.2) is 43.1 Å². The molecular weight excluding hydrogens is 493 g/mol. The first-order chi connectivity index (χ1) is 17.1. The molecule has 0 aromatic heterocycles. The minimum absolute atomic E-state index is 0.177. The van der Waals surface area contributed by atoms with Crippen LogP contribution in [0.15, 0.2) is 48.5 Å². The number of hydrogen-bond acceptors (Lipinski definition) is 4. The Kier molecular flexibility index (Phi) is 11.5. The third-order valence-electron chi connectivity index (χ3n) is 7.90. The van der Waals surface area contributed by atoms with Gasteiger partial charge in [0.1, 0.15) is 11.5 Å². The van der Waals surface area contributed by atoms with E-state index in [-0.39, 0.29) is 10.1 Å². The van der Waals surface area contributed by atoms with E-state index in [1.165, 1.54) is 11.1 Å². The molecule has 0 spiro atoms. The van der Waals surface area contributed by atoms with Gasteiger partial charge in [0.2, 0.25) is 16.6 Å². The van der Waals surface area contributed by atoms with Crippen LogP contribution in [-0.2, 0) is 22.3 Å². The summed E-state index contributed by atoms with van der Waals surface area (Å²) in [5, 5.41) is 0.354. The molecule has 0 aliphatic heterocycles. The zero-order valence-electron chi connectivity index (χ0n) is 25.2. The van der Waals surface area contributed by atoms with Crippen molar-refractivity contribution in [3.8, 4) is 11.5 Å². The first kappa shape index (κ1) is 31.6. The van der Waals surface area contributed by atoms with E-state index in [4.69, 9.17) is 18.3 Å². The molecule has 0 bridgehead atoms. The van der Waals surface area contributed by atoms with Gasteiger partial charge in [0.05, 0.1) is 13.2 Å². The highest BCUT2D eigenvalue weighted by atomic mass is 28.4. The molecule has 0 unspecified atom stereocenters. The third-order valence-corrected chi connectivity index (χ3v) is 16.6. The summed E-state index contributed by atoms with van der Waals surface area (Å²) in [6.07, 6.45) is 2.61. The van der Waals surface area contributed by atoms with Gasteiger partial charge in [-0.25, -0.2) is 0 Å². The molecule has 0 fully saturated rings. The second kappa shape index (κ2) is 13.5. The van der Waals surface area contributed by atoms with Crippen LogP contribution in [0.2, 0.25) is 36.3 Å². The lowest BCUT2D eigenvalue weighted by Crippen LogP contribution is -2.44. The second-order valence-corrected chi connectivity index (χ2v) is 22.5. The molecule has 6 heteroatoms. The smallest absolute Gasteiger partial charge is 0.250 e. The average molecular weight is 545 g/mol. The third kappa shape index (κ3) is 9.90. The van der Waals surface area contributed by atoms with Gasteiger partial charge in [0.25, 0.3) is 0 Å². The van der Waals surface area contributed by atoms with Crippen molar-refractivity contribution in [2.45, 2.75) is 97.1 Å². The molecule has 208 valence electrons. The minimum Gasteiger partial charge on any atom is -0.543 e. The molecular formula is C31H52O4Si2. The molecule has 0 atom stereocenters. The fraction of sp³-hybridized carbons (Fsp3) is 0.613. The van der Waals surface area contributed by atoms with Gasteiger partial charge < -0.3 is 18.3 Å². The van der Waals surface area contributed by atoms with Gasteiger partial charge >= 0.3 is 0 Å². The zero-order valence-corrected chi connectivity index (χ0v) is 27.2. The lowest BCUT2D eigenvalue weighted by atomic mass is 10.1. The predicted molar refractivity (Wildman–Crippen MR) is 162 cm³/mol. The van der Waals surface area contributed by atoms with Crippen LogP contribution in [0.1, 0.15) is 59.1 Å². The second-order valence-electron chi connectivity index (χ2n) is 13.0. The van der Waals surface area contributed by atoms with E-state index in [1.54, 1.807) is 0 Å². The fourth-order valence-corrected chi connectivity index (χ4v) is 5.42. The first-order valence-corrected chi connectivity index (χ1v) is 19.6. The maximum Gasteiger partial charge on any atom is 0.250 e. The predicted octanol–water partition coefficient (Wildman–Crippen LogP) is 8.66. The van der Waals surface area contributed by atoms with Gasteiger partial charge in [-0.05, 0) is 78.8 Å². The lowest BCUT2D eigenvalue weighted by molar-refractivity contribution is 0.0850. The van der Waals surface area contributed by atoms with E-state index in [0.29, 0.717) is 26.4 Å². The van der Waals surface area contributed by atoms with Gasteiger partial charge in [0, 0.05) is 13.2 Å². The Labute approximate surface area is 229 Å². The highest BCUT2D eigenvalue weighted by Gasteiger charge is 2.40. The highest BCUT2D eigenvalue weighted by Crippen LogP contribution is 2.39. The van der Waals surface area contributed by atoms with Crippen molar-refractivity contribution in [2.24, 2.45) is 0 Å². The summed E-state index contributed by atoms with van der Waals surface area (Å²) in [6, 6.07) is 16.8. The van der Waals surface area contributed by atoms with Crippen LogP contribution in [0.3, 0.4) is 0 Å². The molecule has 0 aliphatic carbocycles. The van der Waals surface area contributed by atoms with Crippen LogP contribution in [0.25, 0.3) is 0 Å². The van der Waals surface area contributed by atoms with Crippen molar-refractivity contribution in [3.63, 3.8) is 0 Å². The standard InChI is InChI=1S/C31H52O4Si2/c1-30(2,3)36(7,8)34-28-18-13-11-16-26(28)20-24-32-22-15-23-33-25-21-27-17-12-14-19-29(27)35-37(9,10)31(4,5)6/h11-14,16-19H,15,20-25H2,1-10H3. The fourth-order valence-electron chi connectivity index (χ4n) is 3.31. The number of rotatable bonds is 14. The Morgan fingerprint density at radius 3 is 1.24 bits per heavy atom. The molecule has 0 amide bonds. The van der Waals surface area contributed by atoms with E-state index in [1.807, 2.05) is 0 Å². The summed E-state index contributed by atoms with van der Waals surface area (Å²) in [5.41, 5.74) is 2.45. The van der Waals surface area contributed by atoms with Crippen molar-refractivity contribution in [2.75, 3.05) is 26.4 Å². The minimum atomic E-state index is -1.86. The summed E-state index contributed by atoms with van der Waals surface area (Å²) in [7, 11) is -3.72. The van der Waals surface area contributed by atoms with Crippen molar-refractivity contribution >= 4 is 16.6 Å². The van der Waals surface area contributed by atoms with Gasteiger partial charge in [-0.2, -0.15) is 0 Å². The van der Waals surface area contributed by atoms with Crippen LogP contribution < -0.4 is 8.85 Å². The molecule has 4 nitrogen and oxygen atoms in total. The van der Waals surface area contributed by atoms with Crippen LogP contribution in [0.5, 0.6) is 11.5 Å². The quantitative estimate of drug-likeness (QED) is 0.176. The summed E-state index contributed by atoms with van der Waals surface area (Å²) >= 11 is 0. The summed E-state index contributed by atoms with van der Waals surface area (Å²) in [4.78, 5) is 0. The van der Waals surface area contributed by atoms with Crippen molar-refractivity contribution < 1.29 is 18.3 Å². The molecule has 0 radical (unpaired) electrons. The van der Waals surface area contributed by atoms with Crippen molar-refractivity contribution in [1.82, 2.24) is 0 Å². The molecule has 2 aromatic carbocycles. The number of para-hydroxylation sites is 2. The van der Waals surface area contributed by atoms with E-state index in [9.17, 15) is 0 Å². The molecule has 2 rings (SSSR count). The normalized spacial score (nSPS) is 13.0. The Morgan fingerprint density at radius 2 is 0.892 bits per heavy atom. The maximum atomic E-state index is 6.56. The van der Waals surface area contributed by atoms with Gasteiger partial charge in [-0.15, -0.1) is 0 Å². The van der Waals surface area contributed by atoms with E-state index in [2.05, 4.69) is 116 Å². The molecule has 37 heavy (non-hydrogen) atoms. The first-order valence-electron chi connectivity index (χ1n) is 13.8. The summed E-state index contributed by atoms with van der Waals surface area (Å²) in [5.74, 6) is 2.03. The van der Waals surface area contributed by atoms with Crippen molar-refractivity contribution in [3.05, 3.63) is 59.7 Å². The van der Waals surface area contributed by atoms with Crippen molar-refractivity contribution in [1.29, 1.82) is 0 Å². The average Bonchev–Trinajstić information content (AvgIpc) is 2.78. The van der Waals surface area contributed by atoms with Gasteiger partial charge in [0.15, 0.2) is 0 Å². The molecule has 0 saturated carbocycles. The van der Waals surface area contributed by atoms with E-state index >= 15 is 0 Å². The SMILES string of the molecule is CC(C)(C)[Si](C)(C)Oc1ccccc1CCOCCCOCCc1ccccc1O[Si](C)(C)C(C)(C)C. The Morgan fingerprint density at radius 1 is 0.541 bits per heavy atom. The van der Waals surface area contributed by atoms with Crippen LogP contribution >= 0.6 is 0 Å². The molecule has 0 heterocycles. The number of hydrogen-bond donors (Lipinski definition) is 0. The highest BCUT2D eigenvalue weighted by molar-refractivity contribution is 6.75. The summed E-state index contributed by atoms with van der Waals surface area (Å²) < 4.78 is 25.0. The number of benzene rings is 2. The largest absolute Gasteiger partial charge is 0.543 e. The molecule has 0 saturated heterocycles. The molecule has 0 aliphatic rings. The number of ether oxygens (including phenoxy) is 2.